The number of pyridine rings is 1. The summed E-state index contributed by atoms with van der Waals surface area (Å²) in [6.07, 6.45) is 2.79. The van der Waals surface area contributed by atoms with E-state index in [1.54, 1.807) is 6.20 Å². The van der Waals surface area contributed by atoms with Crippen LogP contribution in [-0.2, 0) is 0 Å². The predicted octanol–water partition coefficient (Wildman–Crippen LogP) is 4.09. The van der Waals surface area contributed by atoms with E-state index in [1.165, 1.54) is 0 Å². The third kappa shape index (κ3) is 4.16. The average Bonchev–Trinajstić information content (AvgIpc) is 2.46. The van der Waals surface area contributed by atoms with Crippen LogP contribution in [0.3, 0.4) is 0 Å². The van der Waals surface area contributed by atoms with E-state index in [4.69, 9.17) is 9.47 Å². The summed E-state index contributed by atoms with van der Waals surface area (Å²) >= 11 is 0. The van der Waals surface area contributed by atoms with Crippen LogP contribution in [0.25, 0.3) is 0 Å². The van der Waals surface area contributed by atoms with E-state index in [9.17, 15) is 0 Å². The highest BCUT2D eigenvalue weighted by atomic mass is 16.5. The Morgan fingerprint density at radius 2 is 1.85 bits per heavy atom. The number of benzene rings is 1. The summed E-state index contributed by atoms with van der Waals surface area (Å²) in [5, 5.41) is 3.24. The minimum atomic E-state index is 0.643. The number of nitrogens with one attached hydrogen (secondary N) is 1. The molecule has 2 aromatic rings. The van der Waals surface area contributed by atoms with Crippen LogP contribution in [0.15, 0.2) is 42.6 Å². The number of anilines is 1. The van der Waals surface area contributed by atoms with Gasteiger partial charge in [-0.15, -0.1) is 0 Å². The van der Waals surface area contributed by atoms with Crippen LogP contribution in [0.1, 0.15) is 20.3 Å². The van der Waals surface area contributed by atoms with Gasteiger partial charge < -0.3 is 14.8 Å². The van der Waals surface area contributed by atoms with Gasteiger partial charge in [0.25, 0.3) is 0 Å². The number of hydrogen-bond donors (Lipinski definition) is 1. The zero-order valence-electron chi connectivity index (χ0n) is 11.9. The Morgan fingerprint density at radius 3 is 2.65 bits per heavy atom. The molecule has 1 heterocycles. The zero-order chi connectivity index (χ0) is 14.2. The first-order chi connectivity index (χ1) is 9.81. The number of ether oxygens (including phenoxy) is 2. The van der Waals surface area contributed by atoms with Crippen LogP contribution < -0.4 is 14.8 Å². The number of rotatable bonds is 7. The highest BCUT2D eigenvalue weighted by molar-refractivity contribution is 5.43. The maximum Gasteiger partial charge on any atom is 0.132 e. The van der Waals surface area contributed by atoms with E-state index < -0.39 is 0 Å². The fourth-order valence-electron chi connectivity index (χ4n) is 1.75. The van der Waals surface area contributed by atoms with E-state index in [-0.39, 0.29) is 0 Å². The number of nitrogens with zero attached hydrogens (tertiary/aromatic N) is 1. The van der Waals surface area contributed by atoms with E-state index in [2.05, 4.69) is 17.2 Å². The van der Waals surface area contributed by atoms with Gasteiger partial charge in [-0.2, -0.15) is 0 Å². The summed E-state index contributed by atoms with van der Waals surface area (Å²) in [6.45, 7) is 5.62. The molecule has 1 aromatic heterocycles. The lowest BCUT2D eigenvalue weighted by Crippen LogP contribution is -2.01. The molecule has 0 bridgehead atoms. The molecule has 1 aromatic carbocycles. The van der Waals surface area contributed by atoms with Gasteiger partial charge in [0.15, 0.2) is 0 Å². The van der Waals surface area contributed by atoms with Gasteiger partial charge in [-0.1, -0.05) is 13.0 Å². The van der Waals surface area contributed by atoms with Crippen molar-refractivity contribution in [1.29, 1.82) is 0 Å². The van der Waals surface area contributed by atoms with Gasteiger partial charge in [-0.25, -0.2) is 4.98 Å². The number of aromatic nitrogens is 1. The van der Waals surface area contributed by atoms with Crippen molar-refractivity contribution >= 4 is 5.82 Å². The van der Waals surface area contributed by atoms with Crippen molar-refractivity contribution in [2.24, 2.45) is 0 Å². The van der Waals surface area contributed by atoms with Crippen molar-refractivity contribution in [2.75, 3.05) is 18.5 Å². The van der Waals surface area contributed by atoms with Crippen molar-refractivity contribution in [3.05, 3.63) is 42.6 Å². The molecule has 0 saturated heterocycles. The highest BCUT2D eigenvalue weighted by Gasteiger charge is 2.01. The minimum absolute atomic E-state index is 0.643. The molecule has 0 unspecified atom stereocenters. The second-order valence-electron chi connectivity index (χ2n) is 4.31. The second kappa shape index (κ2) is 7.38. The fourth-order valence-corrected chi connectivity index (χ4v) is 1.75. The number of hydrogen-bond acceptors (Lipinski definition) is 4. The molecule has 106 valence electrons. The highest BCUT2D eigenvalue weighted by Crippen LogP contribution is 2.26. The lowest BCUT2D eigenvalue weighted by molar-refractivity contribution is 0.338. The van der Waals surface area contributed by atoms with Crippen molar-refractivity contribution in [3.8, 4) is 17.2 Å². The monoisotopic (exact) mass is 272 g/mol. The lowest BCUT2D eigenvalue weighted by Gasteiger charge is -2.09. The predicted molar refractivity (Wildman–Crippen MR) is 80.7 cm³/mol. The van der Waals surface area contributed by atoms with Crippen LogP contribution in [0, 0.1) is 0 Å². The fraction of sp³-hybridized carbons (Fsp3) is 0.312. The molecule has 0 aliphatic carbocycles. The Hall–Kier alpha value is -2.23. The SMILES string of the molecule is CCCNc1cc(Oc2cccc(OCC)c2)ccn1. The largest absolute Gasteiger partial charge is 0.494 e. The molecule has 0 amide bonds. The van der Waals surface area contributed by atoms with Gasteiger partial charge in [-0.3, -0.25) is 0 Å². The van der Waals surface area contributed by atoms with E-state index >= 15 is 0 Å². The zero-order valence-corrected chi connectivity index (χ0v) is 11.9. The van der Waals surface area contributed by atoms with Crippen molar-refractivity contribution in [2.45, 2.75) is 20.3 Å². The van der Waals surface area contributed by atoms with Crippen molar-refractivity contribution in [1.82, 2.24) is 4.98 Å². The normalized spacial score (nSPS) is 10.1. The molecular formula is C16H20N2O2. The minimum Gasteiger partial charge on any atom is -0.494 e. The second-order valence-corrected chi connectivity index (χ2v) is 4.31. The molecule has 0 atom stereocenters. The summed E-state index contributed by atoms with van der Waals surface area (Å²) < 4.78 is 11.3. The van der Waals surface area contributed by atoms with Crippen LogP contribution in [0.2, 0.25) is 0 Å². The van der Waals surface area contributed by atoms with Gasteiger partial charge in [0.1, 0.15) is 23.1 Å². The Kier molecular flexibility index (Phi) is 5.24. The quantitative estimate of drug-likeness (QED) is 0.824. The first kappa shape index (κ1) is 14.2. The maximum absolute atomic E-state index is 5.83. The van der Waals surface area contributed by atoms with E-state index in [1.807, 2.05) is 43.3 Å². The topological polar surface area (TPSA) is 43.4 Å². The van der Waals surface area contributed by atoms with Gasteiger partial charge >= 0.3 is 0 Å². The summed E-state index contributed by atoms with van der Waals surface area (Å²) in [5.74, 6) is 3.14. The Bertz CT molecular complexity index is 544. The molecule has 4 heteroatoms. The molecule has 0 saturated carbocycles. The molecule has 2 rings (SSSR count). The van der Waals surface area contributed by atoms with E-state index in [0.717, 1.165) is 36.0 Å². The van der Waals surface area contributed by atoms with Crippen molar-refractivity contribution in [3.63, 3.8) is 0 Å². The van der Waals surface area contributed by atoms with Gasteiger partial charge in [0, 0.05) is 24.9 Å². The molecule has 20 heavy (non-hydrogen) atoms. The molecule has 4 nitrogen and oxygen atoms in total. The maximum atomic E-state index is 5.83. The first-order valence-electron chi connectivity index (χ1n) is 6.92. The van der Waals surface area contributed by atoms with Gasteiger partial charge in [0.2, 0.25) is 0 Å². The average molecular weight is 272 g/mol. The van der Waals surface area contributed by atoms with Crippen LogP contribution in [0.4, 0.5) is 5.82 Å². The van der Waals surface area contributed by atoms with Gasteiger partial charge in [-0.05, 0) is 31.5 Å². The van der Waals surface area contributed by atoms with Crippen molar-refractivity contribution < 1.29 is 9.47 Å². The summed E-state index contributed by atoms with van der Waals surface area (Å²) in [5.41, 5.74) is 0. The molecular weight excluding hydrogens is 252 g/mol. The van der Waals surface area contributed by atoms with Crippen LogP contribution in [0.5, 0.6) is 17.2 Å². The third-order valence-electron chi connectivity index (χ3n) is 2.64. The standard InChI is InChI=1S/C16H20N2O2/c1-3-9-17-16-12-15(8-10-18-16)20-14-7-5-6-13(11-14)19-4-2/h5-8,10-12H,3-4,9H2,1-2H3,(H,17,18). The smallest absolute Gasteiger partial charge is 0.132 e. The molecule has 0 spiro atoms. The van der Waals surface area contributed by atoms with Gasteiger partial charge in [0.05, 0.1) is 6.61 Å². The third-order valence-corrected chi connectivity index (χ3v) is 2.64. The van der Waals surface area contributed by atoms with Crippen LogP contribution in [-0.4, -0.2) is 18.1 Å². The summed E-state index contributed by atoms with van der Waals surface area (Å²) in [7, 11) is 0. The molecule has 0 aliphatic rings. The Morgan fingerprint density at radius 1 is 1.05 bits per heavy atom. The molecule has 1 N–H and O–H groups in total. The van der Waals surface area contributed by atoms with E-state index in [0.29, 0.717) is 6.61 Å². The molecule has 0 radical (unpaired) electrons. The lowest BCUT2D eigenvalue weighted by atomic mass is 10.3. The Labute approximate surface area is 119 Å². The molecule has 0 fully saturated rings. The molecule has 0 aliphatic heterocycles. The first-order valence-corrected chi connectivity index (χ1v) is 6.92. The Balaban J connectivity index is 2.07. The summed E-state index contributed by atoms with van der Waals surface area (Å²) in [6, 6.07) is 11.3. The van der Waals surface area contributed by atoms with Crippen LogP contribution >= 0.6 is 0 Å². The summed E-state index contributed by atoms with van der Waals surface area (Å²) in [4.78, 5) is 4.25.